The molecule has 2 rings (SSSR count). The minimum atomic E-state index is 0.941. The molecule has 0 atom stereocenters. The molecule has 4 heteroatoms. The summed E-state index contributed by atoms with van der Waals surface area (Å²) in [5, 5.41) is 7.81. The van der Waals surface area contributed by atoms with Crippen LogP contribution in [-0.2, 0) is 0 Å². The zero-order valence-corrected chi connectivity index (χ0v) is 12.0. The Kier molecular flexibility index (Phi) is 5.19. The number of unbranched alkanes of at least 4 members (excludes halogenated alkanes) is 5. The molecule has 1 N–H and O–H groups in total. The third-order valence-corrected chi connectivity index (χ3v) is 3.33. The first-order valence-electron chi connectivity index (χ1n) is 7.36. The van der Waals surface area contributed by atoms with Crippen molar-refractivity contribution in [3.05, 3.63) is 24.2 Å². The van der Waals surface area contributed by atoms with Gasteiger partial charge in [-0.2, -0.15) is 5.10 Å². The Bertz CT molecular complexity index is 504. The fourth-order valence-electron chi connectivity index (χ4n) is 2.29. The van der Waals surface area contributed by atoms with Crippen molar-refractivity contribution in [3.63, 3.8) is 0 Å². The fourth-order valence-corrected chi connectivity index (χ4v) is 2.29. The largest absolute Gasteiger partial charge is 0.368 e. The van der Waals surface area contributed by atoms with Crippen molar-refractivity contribution in [2.45, 2.75) is 52.4 Å². The highest BCUT2D eigenvalue weighted by Crippen LogP contribution is 2.14. The SMILES string of the molecule is CCCCCCCCNc1nccn2nc(C)cc12. The zero-order valence-electron chi connectivity index (χ0n) is 12.0. The lowest BCUT2D eigenvalue weighted by atomic mass is 10.1. The highest BCUT2D eigenvalue weighted by atomic mass is 15.2. The number of aryl methyl sites for hydroxylation is 1. The Morgan fingerprint density at radius 1 is 1.16 bits per heavy atom. The van der Waals surface area contributed by atoms with Gasteiger partial charge in [0.15, 0.2) is 5.82 Å². The van der Waals surface area contributed by atoms with Gasteiger partial charge in [-0.25, -0.2) is 9.50 Å². The van der Waals surface area contributed by atoms with Crippen LogP contribution in [0, 0.1) is 6.92 Å². The van der Waals surface area contributed by atoms with E-state index in [4.69, 9.17) is 0 Å². The van der Waals surface area contributed by atoms with Crippen molar-refractivity contribution in [1.82, 2.24) is 14.6 Å². The molecule has 104 valence electrons. The number of hydrogen-bond donors (Lipinski definition) is 1. The molecule has 19 heavy (non-hydrogen) atoms. The smallest absolute Gasteiger partial charge is 0.152 e. The maximum absolute atomic E-state index is 4.40. The van der Waals surface area contributed by atoms with Gasteiger partial charge in [0.05, 0.1) is 5.69 Å². The average molecular weight is 260 g/mol. The maximum atomic E-state index is 4.40. The summed E-state index contributed by atoms with van der Waals surface area (Å²) in [6, 6.07) is 2.07. The molecule has 2 heterocycles. The second kappa shape index (κ2) is 7.12. The molecule has 2 aromatic rings. The van der Waals surface area contributed by atoms with Crippen molar-refractivity contribution in [3.8, 4) is 0 Å². The number of aromatic nitrogens is 3. The lowest BCUT2D eigenvalue weighted by Gasteiger charge is -2.06. The van der Waals surface area contributed by atoms with E-state index in [1.165, 1.54) is 38.5 Å². The number of anilines is 1. The second-order valence-corrected chi connectivity index (χ2v) is 5.09. The average Bonchev–Trinajstić information content (AvgIpc) is 2.78. The fraction of sp³-hybridized carbons (Fsp3) is 0.600. The molecule has 2 aromatic heterocycles. The van der Waals surface area contributed by atoms with Crippen LogP contribution < -0.4 is 5.32 Å². The number of fused-ring (bicyclic) bond motifs is 1. The summed E-state index contributed by atoms with van der Waals surface area (Å²) in [4.78, 5) is 4.40. The topological polar surface area (TPSA) is 42.2 Å². The van der Waals surface area contributed by atoms with Gasteiger partial charge in [-0.15, -0.1) is 0 Å². The van der Waals surface area contributed by atoms with Crippen LogP contribution in [0.2, 0.25) is 0 Å². The Labute approximate surface area is 115 Å². The third-order valence-electron chi connectivity index (χ3n) is 3.33. The van der Waals surface area contributed by atoms with Crippen molar-refractivity contribution in [2.24, 2.45) is 0 Å². The summed E-state index contributed by atoms with van der Waals surface area (Å²) < 4.78 is 1.88. The van der Waals surface area contributed by atoms with Gasteiger partial charge in [-0.3, -0.25) is 0 Å². The molecular formula is C15H24N4. The van der Waals surface area contributed by atoms with E-state index in [-0.39, 0.29) is 0 Å². The quantitative estimate of drug-likeness (QED) is 0.734. The van der Waals surface area contributed by atoms with Crippen molar-refractivity contribution in [1.29, 1.82) is 0 Å². The molecule has 0 aromatic carbocycles. The molecule has 4 nitrogen and oxygen atoms in total. The van der Waals surface area contributed by atoms with Crippen LogP contribution in [0.3, 0.4) is 0 Å². The summed E-state index contributed by atoms with van der Waals surface area (Å²) in [7, 11) is 0. The first kappa shape index (κ1) is 13.8. The molecule has 0 saturated carbocycles. The highest BCUT2D eigenvalue weighted by Gasteiger charge is 2.04. The molecule has 0 bridgehead atoms. The molecule has 0 aliphatic rings. The number of rotatable bonds is 8. The van der Waals surface area contributed by atoms with Gasteiger partial charge in [0.1, 0.15) is 5.52 Å². The van der Waals surface area contributed by atoms with Crippen LogP contribution in [0.4, 0.5) is 5.82 Å². The van der Waals surface area contributed by atoms with Crippen molar-refractivity contribution >= 4 is 11.3 Å². The van der Waals surface area contributed by atoms with Gasteiger partial charge >= 0.3 is 0 Å². The first-order chi connectivity index (χ1) is 9.31. The van der Waals surface area contributed by atoms with E-state index in [0.29, 0.717) is 0 Å². The number of nitrogens with one attached hydrogen (secondary N) is 1. The molecule has 0 spiro atoms. The standard InChI is InChI=1S/C15H24N4/c1-3-4-5-6-7-8-9-16-15-14-12-13(2)18-19(14)11-10-17-15/h10-12H,3-9H2,1-2H3,(H,16,17). The van der Waals surface area contributed by atoms with E-state index in [9.17, 15) is 0 Å². The predicted molar refractivity (Wildman–Crippen MR) is 79.6 cm³/mol. The molecule has 0 amide bonds. The van der Waals surface area contributed by atoms with Crippen LogP contribution in [0.5, 0.6) is 0 Å². The van der Waals surface area contributed by atoms with E-state index in [1.807, 2.05) is 17.6 Å². The van der Waals surface area contributed by atoms with Crippen LogP contribution in [0.1, 0.15) is 51.1 Å². The number of nitrogens with zero attached hydrogens (tertiary/aromatic N) is 3. The predicted octanol–water partition coefficient (Wildman–Crippen LogP) is 3.81. The zero-order chi connectivity index (χ0) is 13.5. The molecular weight excluding hydrogens is 236 g/mol. The monoisotopic (exact) mass is 260 g/mol. The summed E-state index contributed by atoms with van der Waals surface area (Å²) in [5.74, 6) is 0.941. The Morgan fingerprint density at radius 2 is 1.95 bits per heavy atom. The molecule has 0 aliphatic heterocycles. The van der Waals surface area contributed by atoms with Crippen LogP contribution in [0.25, 0.3) is 5.52 Å². The lowest BCUT2D eigenvalue weighted by Crippen LogP contribution is -2.05. The maximum Gasteiger partial charge on any atom is 0.152 e. The van der Waals surface area contributed by atoms with E-state index < -0.39 is 0 Å². The summed E-state index contributed by atoms with van der Waals surface area (Å²) >= 11 is 0. The third kappa shape index (κ3) is 3.94. The Balaban J connectivity index is 1.78. The van der Waals surface area contributed by atoms with E-state index >= 15 is 0 Å². The van der Waals surface area contributed by atoms with Crippen LogP contribution in [0.15, 0.2) is 18.5 Å². The van der Waals surface area contributed by atoms with Crippen molar-refractivity contribution in [2.75, 3.05) is 11.9 Å². The van der Waals surface area contributed by atoms with Gasteiger partial charge in [0, 0.05) is 18.9 Å². The molecule has 0 aliphatic carbocycles. The van der Waals surface area contributed by atoms with Gasteiger partial charge in [0.25, 0.3) is 0 Å². The van der Waals surface area contributed by atoms with Gasteiger partial charge in [0.2, 0.25) is 0 Å². The van der Waals surface area contributed by atoms with Gasteiger partial charge < -0.3 is 5.32 Å². The second-order valence-electron chi connectivity index (χ2n) is 5.09. The van der Waals surface area contributed by atoms with Crippen molar-refractivity contribution < 1.29 is 0 Å². The van der Waals surface area contributed by atoms with E-state index in [1.54, 1.807) is 6.20 Å². The minimum absolute atomic E-state index is 0.941. The summed E-state index contributed by atoms with van der Waals surface area (Å²) in [5.41, 5.74) is 2.08. The van der Waals surface area contributed by atoms with Crippen LogP contribution in [-0.4, -0.2) is 21.1 Å². The highest BCUT2D eigenvalue weighted by molar-refractivity contribution is 5.67. The number of hydrogen-bond acceptors (Lipinski definition) is 3. The van der Waals surface area contributed by atoms with E-state index in [2.05, 4.69) is 28.4 Å². The summed E-state index contributed by atoms with van der Waals surface area (Å²) in [6.07, 6.45) is 11.6. The van der Waals surface area contributed by atoms with Gasteiger partial charge in [-0.05, 0) is 19.4 Å². The molecule has 0 unspecified atom stereocenters. The normalized spacial score (nSPS) is 11.1. The minimum Gasteiger partial charge on any atom is -0.368 e. The first-order valence-corrected chi connectivity index (χ1v) is 7.36. The molecule has 0 saturated heterocycles. The Hall–Kier alpha value is -1.58. The van der Waals surface area contributed by atoms with E-state index in [0.717, 1.165) is 23.6 Å². The molecule has 0 radical (unpaired) electrons. The van der Waals surface area contributed by atoms with Gasteiger partial charge in [-0.1, -0.05) is 39.0 Å². The Morgan fingerprint density at radius 3 is 2.79 bits per heavy atom. The lowest BCUT2D eigenvalue weighted by molar-refractivity contribution is 0.617. The summed E-state index contributed by atoms with van der Waals surface area (Å²) in [6.45, 7) is 5.25. The van der Waals surface area contributed by atoms with Crippen LogP contribution >= 0.6 is 0 Å². The molecule has 0 fully saturated rings.